The number of benzene rings is 1. The molecule has 1 aromatic rings. The molecule has 0 heterocycles. The molecule has 0 unspecified atom stereocenters. The summed E-state index contributed by atoms with van der Waals surface area (Å²) in [6, 6.07) is 4.91. The molecular formula is C12H15FO3. The molecule has 1 rings (SSSR count). The second kappa shape index (κ2) is 6.23. The van der Waals surface area contributed by atoms with Crippen molar-refractivity contribution in [3.8, 4) is 0 Å². The number of ether oxygens (including phenoxy) is 1. The fourth-order valence-electron chi connectivity index (χ4n) is 1.48. The van der Waals surface area contributed by atoms with Gasteiger partial charge in [0.05, 0.1) is 6.61 Å². The Hall–Kier alpha value is -1.42. The highest BCUT2D eigenvalue weighted by Crippen LogP contribution is 2.13. The molecule has 0 spiro atoms. The van der Waals surface area contributed by atoms with E-state index in [2.05, 4.69) is 0 Å². The number of carbonyl (C=O) groups is 1. The van der Waals surface area contributed by atoms with Crippen LogP contribution in [0.5, 0.6) is 0 Å². The van der Waals surface area contributed by atoms with Gasteiger partial charge in [-0.25, -0.2) is 4.39 Å². The number of carboxylic acid groups (broad SMARTS) is 1. The molecule has 1 aromatic carbocycles. The molecule has 1 N–H and O–H groups in total. The Balaban J connectivity index is 2.57. The maximum atomic E-state index is 13.5. The summed E-state index contributed by atoms with van der Waals surface area (Å²) in [7, 11) is 1.55. The molecule has 0 fully saturated rings. The molecule has 0 aromatic heterocycles. The highest BCUT2D eigenvalue weighted by molar-refractivity contribution is 5.66. The first-order valence-electron chi connectivity index (χ1n) is 5.11. The van der Waals surface area contributed by atoms with Crippen LogP contribution in [0.15, 0.2) is 18.2 Å². The van der Waals surface area contributed by atoms with E-state index in [1.807, 2.05) is 0 Å². The largest absolute Gasteiger partial charge is 0.481 e. The quantitative estimate of drug-likeness (QED) is 0.810. The number of hydrogen-bond acceptors (Lipinski definition) is 2. The zero-order valence-corrected chi connectivity index (χ0v) is 9.20. The van der Waals surface area contributed by atoms with Crippen LogP contribution in [0.25, 0.3) is 0 Å². The van der Waals surface area contributed by atoms with Crippen molar-refractivity contribution in [3.05, 3.63) is 35.1 Å². The van der Waals surface area contributed by atoms with Crippen molar-refractivity contribution in [2.45, 2.75) is 25.9 Å². The normalized spacial score (nSPS) is 10.4. The first kappa shape index (κ1) is 12.6. The number of halogens is 1. The van der Waals surface area contributed by atoms with E-state index in [4.69, 9.17) is 9.84 Å². The maximum absolute atomic E-state index is 13.5. The number of aliphatic carboxylic acids is 1. The summed E-state index contributed by atoms with van der Waals surface area (Å²) in [5.74, 6) is -1.14. The van der Waals surface area contributed by atoms with Crippen LogP contribution in [0.4, 0.5) is 4.39 Å². The fraction of sp³-hybridized carbons (Fsp3) is 0.417. The summed E-state index contributed by atoms with van der Waals surface area (Å²) in [5.41, 5.74) is 1.34. The van der Waals surface area contributed by atoms with Gasteiger partial charge in [-0.05, 0) is 30.0 Å². The molecule has 16 heavy (non-hydrogen) atoms. The summed E-state index contributed by atoms with van der Waals surface area (Å²) < 4.78 is 18.4. The Morgan fingerprint density at radius 3 is 2.81 bits per heavy atom. The number of hydrogen-bond donors (Lipinski definition) is 1. The van der Waals surface area contributed by atoms with Gasteiger partial charge >= 0.3 is 5.97 Å². The molecule has 0 aliphatic heterocycles. The van der Waals surface area contributed by atoms with Crippen molar-refractivity contribution >= 4 is 5.97 Å². The Bertz CT molecular complexity index is 363. The van der Waals surface area contributed by atoms with Gasteiger partial charge in [0.15, 0.2) is 0 Å². The molecule has 0 atom stereocenters. The topological polar surface area (TPSA) is 46.5 Å². The van der Waals surface area contributed by atoms with Crippen molar-refractivity contribution in [1.29, 1.82) is 0 Å². The first-order chi connectivity index (χ1) is 7.63. The minimum atomic E-state index is -0.851. The average molecular weight is 226 g/mol. The molecule has 0 amide bonds. The molecule has 0 saturated heterocycles. The molecule has 3 nitrogen and oxygen atoms in total. The van der Waals surface area contributed by atoms with Gasteiger partial charge in [0.1, 0.15) is 5.82 Å². The van der Waals surface area contributed by atoms with Crippen molar-refractivity contribution in [1.82, 2.24) is 0 Å². The Kier molecular flexibility index (Phi) is 4.92. The molecule has 0 radical (unpaired) electrons. The second-order valence-electron chi connectivity index (χ2n) is 3.61. The second-order valence-corrected chi connectivity index (χ2v) is 3.61. The molecule has 0 bridgehead atoms. The van der Waals surface area contributed by atoms with E-state index in [9.17, 15) is 9.18 Å². The van der Waals surface area contributed by atoms with Gasteiger partial charge in [-0.1, -0.05) is 12.1 Å². The van der Waals surface area contributed by atoms with Gasteiger partial charge in [-0.3, -0.25) is 4.79 Å². The van der Waals surface area contributed by atoms with Crippen LogP contribution >= 0.6 is 0 Å². The minimum absolute atomic E-state index is 0.0687. The lowest BCUT2D eigenvalue weighted by atomic mass is 10.1. The summed E-state index contributed by atoms with van der Waals surface area (Å²) in [6.07, 6.45) is 0.973. The fourth-order valence-corrected chi connectivity index (χ4v) is 1.48. The van der Waals surface area contributed by atoms with E-state index in [0.717, 1.165) is 5.56 Å². The smallest absolute Gasteiger partial charge is 0.303 e. The molecule has 0 aliphatic carbocycles. The monoisotopic (exact) mass is 226 g/mol. The summed E-state index contributed by atoms with van der Waals surface area (Å²) in [6.45, 7) is 0.381. The number of aryl methyl sites for hydroxylation is 1. The molecular weight excluding hydrogens is 211 g/mol. The first-order valence-corrected chi connectivity index (χ1v) is 5.11. The molecule has 4 heteroatoms. The van der Waals surface area contributed by atoms with Gasteiger partial charge in [0.2, 0.25) is 0 Å². The van der Waals surface area contributed by atoms with Crippen molar-refractivity contribution < 1.29 is 19.0 Å². The van der Waals surface area contributed by atoms with Crippen molar-refractivity contribution in [2.75, 3.05) is 7.11 Å². The zero-order chi connectivity index (χ0) is 12.0. The number of methoxy groups -OCH3 is 1. The average Bonchev–Trinajstić information content (AvgIpc) is 2.21. The lowest BCUT2D eigenvalue weighted by Gasteiger charge is -2.05. The Morgan fingerprint density at radius 1 is 1.50 bits per heavy atom. The van der Waals surface area contributed by atoms with E-state index in [1.54, 1.807) is 19.2 Å². The Labute approximate surface area is 93.9 Å². The predicted octanol–water partition coefficient (Wildman–Crippen LogP) is 2.38. The predicted molar refractivity (Wildman–Crippen MR) is 57.7 cm³/mol. The third-order valence-corrected chi connectivity index (χ3v) is 2.27. The highest BCUT2D eigenvalue weighted by Gasteiger charge is 2.05. The highest BCUT2D eigenvalue weighted by atomic mass is 19.1. The van der Waals surface area contributed by atoms with Crippen LogP contribution < -0.4 is 0 Å². The molecule has 88 valence electrons. The van der Waals surface area contributed by atoms with Gasteiger partial charge in [0.25, 0.3) is 0 Å². The Morgan fingerprint density at radius 2 is 2.25 bits per heavy atom. The summed E-state index contributed by atoms with van der Waals surface area (Å²) in [4.78, 5) is 10.3. The third-order valence-electron chi connectivity index (χ3n) is 2.27. The van der Waals surface area contributed by atoms with E-state index in [-0.39, 0.29) is 12.2 Å². The maximum Gasteiger partial charge on any atom is 0.303 e. The van der Waals surface area contributed by atoms with Gasteiger partial charge < -0.3 is 9.84 Å². The van der Waals surface area contributed by atoms with Crippen molar-refractivity contribution in [2.24, 2.45) is 0 Å². The van der Waals surface area contributed by atoms with Gasteiger partial charge in [-0.15, -0.1) is 0 Å². The van der Waals surface area contributed by atoms with Gasteiger partial charge in [-0.2, -0.15) is 0 Å². The lowest BCUT2D eigenvalue weighted by molar-refractivity contribution is -0.137. The van der Waals surface area contributed by atoms with Gasteiger partial charge in [0, 0.05) is 13.5 Å². The van der Waals surface area contributed by atoms with Crippen LogP contribution in [-0.2, 0) is 22.6 Å². The third kappa shape index (κ3) is 3.98. The lowest BCUT2D eigenvalue weighted by Crippen LogP contribution is -1.98. The van der Waals surface area contributed by atoms with E-state index in [0.29, 0.717) is 25.0 Å². The van der Waals surface area contributed by atoms with Crippen LogP contribution in [0, 0.1) is 5.82 Å². The SMILES string of the molecule is COCc1ccc(CCCC(=O)O)c(F)c1. The molecule has 0 saturated carbocycles. The molecule has 0 aliphatic rings. The van der Waals surface area contributed by atoms with Crippen LogP contribution in [-0.4, -0.2) is 18.2 Å². The summed E-state index contributed by atoms with van der Waals surface area (Å²) in [5, 5.41) is 8.46. The minimum Gasteiger partial charge on any atom is -0.481 e. The number of carboxylic acids is 1. The van der Waals surface area contributed by atoms with Crippen LogP contribution in [0.2, 0.25) is 0 Å². The van der Waals surface area contributed by atoms with E-state index < -0.39 is 5.97 Å². The van der Waals surface area contributed by atoms with Crippen LogP contribution in [0.3, 0.4) is 0 Å². The summed E-state index contributed by atoms with van der Waals surface area (Å²) >= 11 is 0. The zero-order valence-electron chi connectivity index (χ0n) is 9.20. The standard InChI is InChI=1S/C12H15FO3/c1-16-8-9-5-6-10(11(13)7-9)3-2-4-12(14)15/h5-7H,2-4,8H2,1H3,(H,14,15). The van der Waals surface area contributed by atoms with E-state index >= 15 is 0 Å². The number of rotatable bonds is 6. The van der Waals surface area contributed by atoms with Crippen molar-refractivity contribution in [3.63, 3.8) is 0 Å². The van der Waals surface area contributed by atoms with Crippen LogP contribution in [0.1, 0.15) is 24.0 Å². The van der Waals surface area contributed by atoms with E-state index in [1.165, 1.54) is 6.07 Å².